The molecule has 0 amide bonds. The smallest absolute Gasteiger partial charge is 0.121 e. The van der Waals surface area contributed by atoms with Crippen molar-refractivity contribution in [3.8, 4) is 6.07 Å². The standard InChI is InChI=1S/C10H8ClNO/c11-10-4-2-1-3-9(10)8(7-12)5-6-13/h1-4,6,8H,5H2. The van der Waals surface area contributed by atoms with Crippen LogP contribution in [0, 0.1) is 11.3 Å². The number of hydrogen-bond acceptors (Lipinski definition) is 2. The number of hydrogen-bond donors (Lipinski definition) is 0. The fourth-order valence-electron chi connectivity index (χ4n) is 1.10. The Bertz CT molecular complexity index is 343. The lowest BCUT2D eigenvalue weighted by Crippen LogP contribution is -1.96. The van der Waals surface area contributed by atoms with Gasteiger partial charge in [-0.05, 0) is 11.6 Å². The van der Waals surface area contributed by atoms with E-state index in [1.807, 2.05) is 6.07 Å². The molecule has 0 aromatic heterocycles. The number of aldehydes is 1. The van der Waals surface area contributed by atoms with Crippen molar-refractivity contribution in [3.05, 3.63) is 34.9 Å². The van der Waals surface area contributed by atoms with Crippen molar-refractivity contribution < 1.29 is 4.79 Å². The first-order chi connectivity index (χ1) is 6.29. The minimum Gasteiger partial charge on any atom is -0.303 e. The molecule has 0 saturated carbocycles. The van der Waals surface area contributed by atoms with Crippen molar-refractivity contribution in [2.75, 3.05) is 0 Å². The maximum Gasteiger partial charge on any atom is 0.121 e. The largest absolute Gasteiger partial charge is 0.303 e. The molecule has 0 aliphatic carbocycles. The summed E-state index contributed by atoms with van der Waals surface area (Å²) < 4.78 is 0. The molecule has 0 fully saturated rings. The van der Waals surface area contributed by atoms with Crippen molar-refractivity contribution in [3.63, 3.8) is 0 Å². The van der Waals surface area contributed by atoms with E-state index in [1.165, 1.54) is 0 Å². The molecular weight excluding hydrogens is 186 g/mol. The summed E-state index contributed by atoms with van der Waals surface area (Å²) in [7, 11) is 0. The van der Waals surface area contributed by atoms with Gasteiger partial charge in [-0.15, -0.1) is 0 Å². The van der Waals surface area contributed by atoms with Crippen LogP contribution in [0.5, 0.6) is 0 Å². The summed E-state index contributed by atoms with van der Waals surface area (Å²) in [5, 5.41) is 9.31. The molecule has 0 bridgehead atoms. The van der Waals surface area contributed by atoms with E-state index in [0.717, 1.165) is 11.8 Å². The third-order valence-corrected chi connectivity index (χ3v) is 2.11. The Labute approximate surface area is 81.7 Å². The molecule has 3 heteroatoms. The zero-order valence-corrected chi connectivity index (χ0v) is 7.66. The van der Waals surface area contributed by atoms with Gasteiger partial charge in [-0.25, -0.2) is 0 Å². The fraction of sp³-hybridized carbons (Fsp3) is 0.200. The van der Waals surface area contributed by atoms with Crippen LogP contribution in [-0.2, 0) is 4.79 Å². The molecule has 0 radical (unpaired) electrons. The maximum atomic E-state index is 10.3. The van der Waals surface area contributed by atoms with Gasteiger partial charge in [0.25, 0.3) is 0 Å². The summed E-state index contributed by atoms with van der Waals surface area (Å²) in [6.45, 7) is 0. The van der Waals surface area contributed by atoms with Gasteiger partial charge in [-0.1, -0.05) is 29.8 Å². The van der Waals surface area contributed by atoms with Crippen LogP contribution >= 0.6 is 11.6 Å². The molecule has 1 aromatic carbocycles. The van der Waals surface area contributed by atoms with Crippen LogP contribution in [0.1, 0.15) is 17.9 Å². The highest BCUT2D eigenvalue weighted by molar-refractivity contribution is 6.31. The van der Waals surface area contributed by atoms with Gasteiger partial charge in [-0.3, -0.25) is 0 Å². The second kappa shape index (κ2) is 4.64. The number of rotatable bonds is 3. The van der Waals surface area contributed by atoms with Gasteiger partial charge in [0, 0.05) is 11.4 Å². The Kier molecular flexibility index (Phi) is 3.48. The molecule has 0 spiro atoms. The summed E-state index contributed by atoms with van der Waals surface area (Å²) in [5.74, 6) is -0.425. The second-order valence-corrected chi connectivity index (χ2v) is 3.01. The monoisotopic (exact) mass is 193 g/mol. The van der Waals surface area contributed by atoms with E-state index in [0.29, 0.717) is 5.02 Å². The second-order valence-electron chi connectivity index (χ2n) is 2.61. The van der Waals surface area contributed by atoms with Gasteiger partial charge in [-0.2, -0.15) is 5.26 Å². The fourth-order valence-corrected chi connectivity index (χ4v) is 1.37. The highest BCUT2D eigenvalue weighted by Crippen LogP contribution is 2.25. The first-order valence-corrected chi connectivity index (χ1v) is 4.25. The van der Waals surface area contributed by atoms with Crippen molar-refractivity contribution in [1.82, 2.24) is 0 Å². The van der Waals surface area contributed by atoms with Gasteiger partial charge in [0.15, 0.2) is 0 Å². The molecule has 1 aromatic rings. The average Bonchev–Trinajstić information content (AvgIpc) is 2.16. The number of nitrogens with zero attached hydrogens (tertiary/aromatic N) is 1. The van der Waals surface area contributed by atoms with Crippen LogP contribution in [0.4, 0.5) is 0 Å². The van der Waals surface area contributed by atoms with Crippen LogP contribution in [0.25, 0.3) is 0 Å². The van der Waals surface area contributed by atoms with E-state index in [-0.39, 0.29) is 6.42 Å². The maximum absolute atomic E-state index is 10.3. The molecule has 0 aliphatic heterocycles. The SMILES string of the molecule is N#CC(CC=O)c1ccccc1Cl. The van der Waals surface area contributed by atoms with Gasteiger partial charge >= 0.3 is 0 Å². The highest BCUT2D eigenvalue weighted by Gasteiger charge is 2.12. The zero-order valence-electron chi connectivity index (χ0n) is 6.90. The topological polar surface area (TPSA) is 40.9 Å². The quantitative estimate of drug-likeness (QED) is 0.693. The number of benzene rings is 1. The molecular formula is C10H8ClNO. The van der Waals surface area contributed by atoms with Gasteiger partial charge in [0.2, 0.25) is 0 Å². The number of carbonyl (C=O) groups excluding carboxylic acids is 1. The molecule has 66 valence electrons. The van der Waals surface area contributed by atoms with Crippen molar-refractivity contribution in [2.45, 2.75) is 12.3 Å². The lowest BCUT2D eigenvalue weighted by molar-refractivity contribution is -0.107. The van der Waals surface area contributed by atoms with Crippen LogP contribution in [-0.4, -0.2) is 6.29 Å². The zero-order chi connectivity index (χ0) is 9.68. The molecule has 1 unspecified atom stereocenters. The van der Waals surface area contributed by atoms with Crippen LogP contribution in [0.15, 0.2) is 24.3 Å². The molecule has 0 heterocycles. The summed E-state index contributed by atoms with van der Waals surface area (Å²) in [6.07, 6.45) is 0.928. The summed E-state index contributed by atoms with van der Waals surface area (Å²) in [6, 6.07) is 9.12. The normalized spacial score (nSPS) is 11.7. The van der Waals surface area contributed by atoms with Gasteiger partial charge in [0.05, 0.1) is 12.0 Å². The minimum absolute atomic E-state index is 0.195. The first-order valence-electron chi connectivity index (χ1n) is 3.87. The molecule has 13 heavy (non-hydrogen) atoms. The van der Waals surface area contributed by atoms with E-state index in [2.05, 4.69) is 0 Å². The third kappa shape index (κ3) is 2.30. The lowest BCUT2D eigenvalue weighted by atomic mass is 9.98. The van der Waals surface area contributed by atoms with E-state index >= 15 is 0 Å². The Morgan fingerprint density at radius 2 is 2.23 bits per heavy atom. The highest BCUT2D eigenvalue weighted by atomic mass is 35.5. The summed E-state index contributed by atoms with van der Waals surface area (Å²) in [4.78, 5) is 10.3. The Balaban J connectivity index is 2.99. The first kappa shape index (κ1) is 9.76. The molecule has 0 N–H and O–H groups in total. The van der Waals surface area contributed by atoms with Crippen molar-refractivity contribution >= 4 is 17.9 Å². The van der Waals surface area contributed by atoms with Crippen molar-refractivity contribution in [2.24, 2.45) is 0 Å². The molecule has 0 aliphatic rings. The van der Waals surface area contributed by atoms with Crippen LogP contribution < -0.4 is 0 Å². The van der Waals surface area contributed by atoms with E-state index < -0.39 is 5.92 Å². The van der Waals surface area contributed by atoms with E-state index in [9.17, 15) is 4.79 Å². The van der Waals surface area contributed by atoms with E-state index in [1.54, 1.807) is 24.3 Å². The number of nitriles is 1. The van der Waals surface area contributed by atoms with Gasteiger partial charge < -0.3 is 4.79 Å². The number of carbonyl (C=O) groups is 1. The number of halogens is 1. The molecule has 1 atom stereocenters. The molecule has 2 nitrogen and oxygen atoms in total. The van der Waals surface area contributed by atoms with Crippen LogP contribution in [0.2, 0.25) is 5.02 Å². The summed E-state index contributed by atoms with van der Waals surface area (Å²) in [5.41, 5.74) is 0.721. The van der Waals surface area contributed by atoms with Crippen molar-refractivity contribution in [1.29, 1.82) is 5.26 Å². The Morgan fingerprint density at radius 3 is 2.77 bits per heavy atom. The molecule has 0 saturated heterocycles. The third-order valence-electron chi connectivity index (χ3n) is 1.77. The minimum atomic E-state index is -0.425. The molecule has 1 rings (SSSR count). The predicted octanol–water partition coefficient (Wildman–Crippen LogP) is 2.54. The Morgan fingerprint density at radius 1 is 1.54 bits per heavy atom. The summed E-state index contributed by atoms with van der Waals surface area (Å²) >= 11 is 5.87. The average molecular weight is 194 g/mol. The van der Waals surface area contributed by atoms with E-state index in [4.69, 9.17) is 16.9 Å². The lowest BCUT2D eigenvalue weighted by Gasteiger charge is -2.06. The van der Waals surface area contributed by atoms with Gasteiger partial charge in [0.1, 0.15) is 6.29 Å². The predicted molar refractivity (Wildman–Crippen MR) is 50.5 cm³/mol. The van der Waals surface area contributed by atoms with Crippen LogP contribution in [0.3, 0.4) is 0 Å². The Hall–Kier alpha value is -1.33.